The average Bonchev–Trinajstić information content (AvgIpc) is 3.34. The molecule has 0 spiro atoms. The van der Waals surface area contributed by atoms with Gasteiger partial charge >= 0.3 is 0 Å². The molecule has 75 heavy (non-hydrogen) atoms. The van der Waals surface area contributed by atoms with Crippen LogP contribution in [0.2, 0.25) is 0 Å². The third kappa shape index (κ3) is 12.0. The van der Waals surface area contributed by atoms with E-state index in [1.54, 1.807) is 27.7 Å². The maximum atomic E-state index is 15.0. The van der Waals surface area contributed by atoms with Gasteiger partial charge < -0.3 is 108 Å². The Morgan fingerprint density at radius 3 is 1.49 bits per heavy atom. The highest BCUT2D eigenvalue weighted by Gasteiger charge is 2.51. The minimum absolute atomic E-state index is 0.0357. The number of phenolic OH excluding ortho intramolecular Hbond substituents is 2. The predicted molar refractivity (Wildman–Crippen MR) is 254 cm³/mol. The van der Waals surface area contributed by atoms with Crippen LogP contribution < -0.4 is 4.74 Å². The summed E-state index contributed by atoms with van der Waals surface area (Å²) >= 11 is 0. The Labute approximate surface area is 432 Å². The largest absolute Gasteiger partial charge is 0.507 e. The number of methoxy groups -OCH3 is 1. The van der Waals surface area contributed by atoms with Gasteiger partial charge in [0.05, 0.1) is 78.1 Å². The third-order valence-corrected chi connectivity index (χ3v) is 15.5. The summed E-state index contributed by atoms with van der Waals surface area (Å²) in [6.07, 6.45) is -27.9. The van der Waals surface area contributed by atoms with Gasteiger partial charge in [-0.2, -0.15) is 0 Å². The number of ether oxygens (including phenoxy) is 11. The summed E-state index contributed by atoms with van der Waals surface area (Å²) in [6.45, 7) is 10.6. The highest BCUT2D eigenvalue weighted by Crippen LogP contribution is 2.47. The molecule has 0 aromatic heterocycles. The highest BCUT2D eigenvalue weighted by atomic mass is 16.7. The van der Waals surface area contributed by atoms with Gasteiger partial charge in [-0.05, 0) is 78.0 Å². The molecular weight excluding hydrogens is 997 g/mol. The zero-order chi connectivity index (χ0) is 54.6. The Morgan fingerprint density at radius 2 is 1.04 bits per heavy atom. The van der Waals surface area contributed by atoms with Gasteiger partial charge in [0.2, 0.25) is 6.29 Å². The van der Waals surface area contributed by atoms with Crippen molar-refractivity contribution in [2.45, 2.75) is 234 Å². The normalized spacial score (nSPS) is 41.9. The number of phenols is 2. The van der Waals surface area contributed by atoms with E-state index in [9.17, 15) is 61.0 Å². The topological polar surface area (TPSA) is 358 Å². The summed E-state index contributed by atoms with van der Waals surface area (Å²) in [5.74, 6) is -4.06. The molecule has 0 bridgehead atoms. The minimum Gasteiger partial charge on any atom is -0.507 e. The van der Waals surface area contributed by atoms with Crippen molar-refractivity contribution >= 4 is 22.3 Å². The number of carbonyl (C=O) groups is 2. The number of aliphatic hydroxyl groups is 9. The average molecular weight is 1070 g/mol. The molecule has 24 nitrogen and oxygen atoms in total. The molecule has 5 fully saturated rings. The van der Waals surface area contributed by atoms with E-state index in [0.29, 0.717) is 0 Å². The Morgan fingerprint density at radius 1 is 0.613 bits per heavy atom. The Hall–Kier alpha value is -3.32. The number of aromatic hydroxyl groups is 2. The molecule has 5 aliphatic heterocycles. The monoisotopic (exact) mass is 1070 g/mol. The summed E-state index contributed by atoms with van der Waals surface area (Å²) in [6, 6.07) is 3.03. The lowest BCUT2D eigenvalue weighted by Gasteiger charge is -2.45. The van der Waals surface area contributed by atoms with E-state index in [1.165, 1.54) is 40.0 Å². The van der Waals surface area contributed by atoms with Crippen LogP contribution in [0.5, 0.6) is 17.2 Å². The molecule has 6 aliphatic rings. The van der Waals surface area contributed by atoms with E-state index in [2.05, 4.69) is 0 Å². The zero-order valence-electron chi connectivity index (χ0n) is 43.1. The molecule has 7 unspecified atom stereocenters. The van der Waals surface area contributed by atoms with Crippen molar-refractivity contribution in [3.05, 3.63) is 28.8 Å². The number of Topliss-reactive ketones (excluding diaryl/α,β-unsaturated/α-hetero) is 2. The highest BCUT2D eigenvalue weighted by molar-refractivity contribution is 6.11. The summed E-state index contributed by atoms with van der Waals surface area (Å²) in [7, 11) is 1.18. The molecule has 11 N–H and O–H groups in total. The smallest absolute Gasteiger partial charge is 0.202 e. The first-order chi connectivity index (χ1) is 35.4. The molecule has 2 aromatic rings. The number of aliphatic hydroxyl groups excluding tert-OH is 9. The van der Waals surface area contributed by atoms with Gasteiger partial charge in [-0.3, -0.25) is 9.59 Å². The lowest BCUT2D eigenvalue weighted by Crippen LogP contribution is -2.57. The van der Waals surface area contributed by atoms with Gasteiger partial charge in [0.25, 0.3) is 0 Å². The van der Waals surface area contributed by atoms with Crippen LogP contribution in [0.3, 0.4) is 0 Å². The van der Waals surface area contributed by atoms with Crippen LogP contribution in [0.1, 0.15) is 95.1 Å². The lowest BCUT2D eigenvalue weighted by atomic mass is 9.75. The van der Waals surface area contributed by atoms with Crippen molar-refractivity contribution in [3.8, 4) is 17.2 Å². The molecule has 0 saturated carbocycles. The van der Waals surface area contributed by atoms with Crippen molar-refractivity contribution in [2.24, 2.45) is 5.92 Å². The molecule has 5 saturated heterocycles. The number of benzene rings is 2. The Balaban J connectivity index is 1.04. The van der Waals surface area contributed by atoms with Crippen molar-refractivity contribution in [1.29, 1.82) is 0 Å². The third-order valence-electron chi connectivity index (χ3n) is 15.5. The van der Waals surface area contributed by atoms with Crippen LogP contribution in [0.15, 0.2) is 12.1 Å². The van der Waals surface area contributed by atoms with Crippen LogP contribution in [-0.2, 0) is 58.6 Å². The molecule has 25 atom stereocenters. The van der Waals surface area contributed by atoms with Gasteiger partial charge in [-0.1, -0.05) is 0 Å². The van der Waals surface area contributed by atoms with E-state index in [1.807, 2.05) is 0 Å². The van der Waals surface area contributed by atoms with Crippen molar-refractivity contribution < 1.29 is 118 Å². The molecular formula is C51H74O24. The summed E-state index contributed by atoms with van der Waals surface area (Å²) in [4.78, 5) is 28.9. The zero-order valence-corrected chi connectivity index (χ0v) is 43.1. The Bertz CT molecular complexity index is 2290. The van der Waals surface area contributed by atoms with Gasteiger partial charge in [0.1, 0.15) is 66.1 Å². The number of hydrogen-bond acceptors (Lipinski definition) is 24. The standard InChI is InChI=1S/C51H74O24/c1-17-29(71-35-14-30(44(59)21(5)68-35)72-33-12-27(53)42(57)19(3)66-33)11-25-9-24-10-26(50(65-8)49(64)41(56)18(2)52)51(48(63)39(24)47(62)38(25)40(17)55)75-37-16-32(46(61)23(7)70-37)74-36-15-31(45(60)22(6)69-36)73-34-13-28(54)43(58)20(4)67-34/h9,11,18-23,26-28,30-37,41-46,50-62H,10,12-16H2,1-8H3/t18-,19?,20?,21?,22?,23?,26+,27?,28-,30?,31-,32-,33+,34+,35+,36+,37+,41+,42-,43-,44-,45+,46-,50+,51+/m1/s1. The van der Waals surface area contributed by atoms with E-state index in [-0.39, 0.29) is 71.7 Å². The SMILES string of the molecule is CO[C@H](C(=O)[C@@H](O)[C@@H](C)O)[C@@H]1Cc2cc3cc(O[C@H]4CC(O[C@H]5CC(O)[C@H](O)C(C)O5)[C@H](O)C(C)O4)c(C)c(O)c3c(O)c2C(=O)[C@H]1O[C@H]1C[C@@H](O[C@H]2C[C@@H](O[C@H]3C[C@@H](O)[C@H](O)C(C)O3)[C@@H](O)C(C)O2)[C@H](O)C(C)O1. The minimum atomic E-state index is -1.95. The maximum Gasteiger partial charge on any atom is 0.202 e. The number of fused-ring (bicyclic) bond motifs is 2. The summed E-state index contributed by atoms with van der Waals surface area (Å²) < 4.78 is 66.3. The van der Waals surface area contributed by atoms with Gasteiger partial charge in [-0.25, -0.2) is 0 Å². The predicted octanol–water partition coefficient (Wildman–Crippen LogP) is -0.639. The van der Waals surface area contributed by atoms with E-state index in [0.717, 1.165) is 0 Å². The first-order valence-electron chi connectivity index (χ1n) is 25.7. The van der Waals surface area contributed by atoms with Crippen molar-refractivity contribution in [2.75, 3.05) is 7.11 Å². The summed E-state index contributed by atoms with van der Waals surface area (Å²) in [5.41, 5.74) is 0.0678. The van der Waals surface area contributed by atoms with E-state index < -0.39 is 176 Å². The number of ketones is 2. The fourth-order valence-electron chi connectivity index (χ4n) is 11.0. The van der Waals surface area contributed by atoms with Gasteiger partial charge in [0.15, 0.2) is 36.7 Å². The molecule has 0 amide bonds. The van der Waals surface area contributed by atoms with Crippen LogP contribution in [0.25, 0.3) is 10.8 Å². The molecule has 5 heterocycles. The lowest BCUT2D eigenvalue weighted by molar-refractivity contribution is -0.329. The van der Waals surface area contributed by atoms with Crippen LogP contribution in [0.4, 0.5) is 0 Å². The fraction of sp³-hybridized carbons (Fsp3) is 0.765. The van der Waals surface area contributed by atoms with Gasteiger partial charge in [-0.15, -0.1) is 0 Å². The van der Waals surface area contributed by atoms with Crippen molar-refractivity contribution in [3.63, 3.8) is 0 Å². The molecule has 8 rings (SSSR count). The Kier molecular flexibility index (Phi) is 18.2. The van der Waals surface area contributed by atoms with Crippen LogP contribution >= 0.6 is 0 Å². The van der Waals surface area contributed by atoms with Crippen LogP contribution in [-0.4, -0.2) is 222 Å². The molecule has 24 heteroatoms. The molecule has 1 aliphatic carbocycles. The van der Waals surface area contributed by atoms with E-state index in [4.69, 9.17) is 52.1 Å². The number of hydrogen-bond donors (Lipinski definition) is 11. The second kappa shape index (κ2) is 23.6. The van der Waals surface area contributed by atoms with E-state index >= 15 is 4.79 Å². The molecule has 422 valence electrons. The first kappa shape index (κ1) is 57.8. The van der Waals surface area contributed by atoms with Crippen molar-refractivity contribution in [1.82, 2.24) is 0 Å². The fourth-order valence-corrected chi connectivity index (χ4v) is 11.0. The second-order valence-corrected chi connectivity index (χ2v) is 21.0. The number of rotatable bonds is 15. The van der Waals surface area contributed by atoms with Gasteiger partial charge in [0, 0.05) is 50.7 Å². The first-order valence-corrected chi connectivity index (χ1v) is 25.7. The van der Waals surface area contributed by atoms with Crippen LogP contribution in [0, 0.1) is 12.8 Å². The molecule has 0 radical (unpaired) electrons. The second-order valence-electron chi connectivity index (χ2n) is 21.0. The summed E-state index contributed by atoms with van der Waals surface area (Å²) in [5, 5.41) is 119. The molecule has 2 aromatic carbocycles. The quantitative estimate of drug-likeness (QED) is 0.106. The number of carbonyl (C=O) groups excluding carboxylic acids is 2. The maximum absolute atomic E-state index is 15.0.